The van der Waals surface area contributed by atoms with Crippen LogP contribution in [0.15, 0.2) is 43.0 Å². The van der Waals surface area contributed by atoms with E-state index in [1.165, 1.54) is 4.90 Å². The van der Waals surface area contributed by atoms with Crippen LogP contribution in [0.3, 0.4) is 0 Å². The van der Waals surface area contributed by atoms with Gasteiger partial charge in [-0.1, -0.05) is 36.4 Å². The van der Waals surface area contributed by atoms with Crippen molar-refractivity contribution in [3.63, 3.8) is 0 Å². The number of hydrogen-bond donors (Lipinski definition) is 2. The maximum atomic E-state index is 12.1. The molecule has 0 fully saturated rings. The lowest BCUT2D eigenvalue weighted by Gasteiger charge is -2.31. The molecule has 104 valence electrons. The summed E-state index contributed by atoms with van der Waals surface area (Å²) in [7, 11) is 1.65. The Balaban J connectivity index is 2.73. The molecule has 0 heterocycles. The standard InChI is InChI=1S/C15H22N2O2/c1-4-8-13(16)15(19)17(3)11(2)14(18)12-9-6-5-7-10-12/h4-7,9-11,13-14,18H,1,8,16H2,2-3H3/t11-,13+,14+/m1/s1. The number of aliphatic hydroxyl groups excluding tert-OH is 1. The zero-order valence-electron chi connectivity index (χ0n) is 11.5. The van der Waals surface area contributed by atoms with Gasteiger partial charge in [0, 0.05) is 7.05 Å². The fourth-order valence-electron chi connectivity index (χ4n) is 1.88. The van der Waals surface area contributed by atoms with Gasteiger partial charge in [0.25, 0.3) is 0 Å². The second kappa shape index (κ2) is 7.07. The highest BCUT2D eigenvalue weighted by Crippen LogP contribution is 2.20. The molecule has 1 amide bonds. The maximum absolute atomic E-state index is 12.1. The first-order valence-electron chi connectivity index (χ1n) is 6.35. The van der Waals surface area contributed by atoms with E-state index in [4.69, 9.17) is 5.73 Å². The van der Waals surface area contributed by atoms with E-state index in [9.17, 15) is 9.90 Å². The molecule has 4 nitrogen and oxygen atoms in total. The van der Waals surface area contributed by atoms with Gasteiger partial charge < -0.3 is 15.7 Å². The molecular weight excluding hydrogens is 240 g/mol. The highest BCUT2D eigenvalue weighted by molar-refractivity contribution is 5.81. The molecule has 0 saturated carbocycles. The smallest absolute Gasteiger partial charge is 0.239 e. The first kappa shape index (κ1) is 15.4. The van der Waals surface area contributed by atoms with E-state index < -0.39 is 12.1 Å². The van der Waals surface area contributed by atoms with E-state index in [0.717, 1.165) is 5.56 Å². The van der Waals surface area contributed by atoms with Crippen LogP contribution in [0.2, 0.25) is 0 Å². The van der Waals surface area contributed by atoms with Crippen LogP contribution < -0.4 is 5.73 Å². The van der Waals surface area contributed by atoms with Crippen molar-refractivity contribution in [2.24, 2.45) is 5.73 Å². The summed E-state index contributed by atoms with van der Waals surface area (Å²) in [4.78, 5) is 13.5. The summed E-state index contributed by atoms with van der Waals surface area (Å²) in [5.41, 5.74) is 6.55. The minimum absolute atomic E-state index is 0.192. The van der Waals surface area contributed by atoms with Gasteiger partial charge >= 0.3 is 0 Å². The predicted molar refractivity (Wildman–Crippen MR) is 76.4 cm³/mol. The summed E-state index contributed by atoms with van der Waals surface area (Å²) in [6, 6.07) is 8.33. The lowest BCUT2D eigenvalue weighted by Crippen LogP contribution is -2.47. The number of benzene rings is 1. The molecule has 0 aliphatic carbocycles. The van der Waals surface area contributed by atoms with Crippen LogP contribution in [0, 0.1) is 0 Å². The number of aliphatic hydroxyl groups is 1. The molecule has 1 aromatic carbocycles. The van der Waals surface area contributed by atoms with Crippen molar-refractivity contribution in [3.05, 3.63) is 48.6 Å². The van der Waals surface area contributed by atoms with Gasteiger partial charge in [-0.05, 0) is 18.9 Å². The summed E-state index contributed by atoms with van der Waals surface area (Å²) >= 11 is 0. The molecule has 4 heteroatoms. The van der Waals surface area contributed by atoms with Crippen LogP contribution in [-0.2, 0) is 4.79 Å². The molecule has 0 saturated heterocycles. The molecule has 0 aromatic heterocycles. The van der Waals surface area contributed by atoms with E-state index >= 15 is 0 Å². The Morgan fingerprint density at radius 2 is 2.05 bits per heavy atom. The van der Waals surface area contributed by atoms with E-state index in [1.54, 1.807) is 20.0 Å². The normalized spacial score (nSPS) is 15.4. The fraction of sp³-hybridized carbons (Fsp3) is 0.400. The number of carbonyl (C=O) groups is 1. The van der Waals surface area contributed by atoms with Crippen molar-refractivity contribution in [2.45, 2.75) is 31.5 Å². The maximum Gasteiger partial charge on any atom is 0.239 e. The third-order valence-corrected chi connectivity index (χ3v) is 3.29. The number of carbonyl (C=O) groups excluding carboxylic acids is 1. The number of nitrogens with two attached hydrogens (primary N) is 1. The average Bonchev–Trinajstić information content (AvgIpc) is 2.45. The molecule has 1 aromatic rings. The molecule has 1 rings (SSSR count). The summed E-state index contributed by atoms with van der Waals surface area (Å²) in [6.07, 6.45) is 1.32. The monoisotopic (exact) mass is 262 g/mol. The van der Waals surface area contributed by atoms with Gasteiger partial charge in [0.2, 0.25) is 5.91 Å². The van der Waals surface area contributed by atoms with Crippen LogP contribution in [0.1, 0.15) is 25.0 Å². The van der Waals surface area contributed by atoms with Crippen molar-refractivity contribution in [1.29, 1.82) is 0 Å². The lowest BCUT2D eigenvalue weighted by atomic mass is 10.0. The van der Waals surface area contributed by atoms with Crippen LogP contribution in [0.5, 0.6) is 0 Å². The summed E-state index contributed by atoms with van der Waals surface area (Å²) in [5, 5.41) is 10.3. The molecule has 0 spiro atoms. The summed E-state index contributed by atoms with van der Waals surface area (Å²) in [6.45, 7) is 5.37. The highest BCUT2D eigenvalue weighted by atomic mass is 16.3. The first-order valence-corrected chi connectivity index (χ1v) is 6.35. The van der Waals surface area contributed by atoms with Crippen molar-refractivity contribution in [2.75, 3.05) is 7.05 Å². The molecule has 0 aliphatic heterocycles. The molecule has 0 aliphatic rings. The number of nitrogens with zero attached hydrogens (tertiary/aromatic N) is 1. The molecular formula is C15H22N2O2. The SMILES string of the molecule is C=CC[C@H](N)C(=O)N(C)[C@H](C)[C@H](O)c1ccccc1. The highest BCUT2D eigenvalue weighted by Gasteiger charge is 2.26. The average molecular weight is 262 g/mol. The minimum Gasteiger partial charge on any atom is -0.386 e. The summed E-state index contributed by atoms with van der Waals surface area (Å²) in [5.74, 6) is -0.192. The van der Waals surface area contributed by atoms with Crippen molar-refractivity contribution >= 4 is 5.91 Å². The quantitative estimate of drug-likeness (QED) is 0.763. The predicted octanol–water partition coefficient (Wildman–Crippen LogP) is 1.47. The van der Waals surface area contributed by atoms with Gasteiger partial charge in [-0.3, -0.25) is 4.79 Å². The van der Waals surface area contributed by atoms with Gasteiger partial charge in [0.1, 0.15) is 0 Å². The van der Waals surface area contributed by atoms with Crippen LogP contribution in [-0.4, -0.2) is 35.0 Å². The van der Waals surface area contributed by atoms with Crippen molar-refractivity contribution < 1.29 is 9.90 Å². The largest absolute Gasteiger partial charge is 0.386 e. The molecule has 0 unspecified atom stereocenters. The Morgan fingerprint density at radius 1 is 1.47 bits per heavy atom. The van der Waals surface area contributed by atoms with Crippen molar-refractivity contribution in [1.82, 2.24) is 4.90 Å². The Bertz CT molecular complexity index is 419. The fourth-order valence-corrected chi connectivity index (χ4v) is 1.88. The van der Waals surface area contributed by atoms with Gasteiger partial charge in [-0.2, -0.15) is 0 Å². The molecule has 0 bridgehead atoms. The second-order valence-corrected chi connectivity index (χ2v) is 4.68. The number of rotatable bonds is 6. The van der Waals surface area contributed by atoms with Crippen LogP contribution in [0.4, 0.5) is 0 Å². The van der Waals surface area contributed by atoms with Gasteiger partial charge in [-0.15, -0.1) is 6.58 Å². The Hall–Kier alpha value is -1.65. The molecule has 3 atom stereocenters. The van der Waals surface area contributed by atoms with E-state index in [2.05, 4.69) is 6.58 Å². The van der Waals surface area contributed by atoms with Crippen LogP contribution in [0.25, 0.3) is 0 Å². The Labute approximate surface area is 114 Å². The van der Waals surface area contributed by atoms with Gasteiger partial charge in [0.05, 0.1) is 18.2 Å². The topological polar surface area (TPSA) is 66.6 Å². The van der Waals surface area contributed by atoms with Crippen LogP contribution >= 0.6 is 0 Å². The first-order chi connectivity index (χ1) is 8.99. The molecule has 19 heavy (non-hydrogen) atoms. The number of hydrogen-bond acceptors (Lipinski definition) is 3. The van der Waals surface area contributed by atoms with Gasteiger partial charge in [-0.25, -0.2) is 0 Å². The second-order valence-electron chi connectivity index (χ2n) is 4.68. The zero-order valence-corrected chi connectivity index (χ0v) is 11.5. The number of likely N-dealkylation sites (N-methyl/N-ethyl adjacent to an activating group) is 1. The minimum atomic E-state index is -0.730. The van der Waals surface area contributed by atoms with E-state index in [0.29, 0.717) is 6.42 Å². The Morgan fingerprint density at radius 3 is 2.58 bits per heavy atom. The van der Waals surface area contributed by atoms with Gasteiger partial charge in [0.15, 0.2) is 0 Å². The molecule has 3 N–H and O–H groups in total. The zero-order chi connectivity index (χ0) is 14.4. The van der Waals surface area contributed by atoms with Crippen molar-refractivity contribution in [3.8, 4) is 0 Å². The third-order valence-electron chi connectivity index (χ3n) is 3.29. The van der Waals surface area contributed by atoms with E-state index in [1.807, 2.05) is 30.3 Å². The summed E-state index contributed by atoms with van der Waals surface area (Å²) < 4.78 is 0. The number of amides is 1. The molecule has 0 radical (unpaired) electrons. The lowest BCUT2D eigenvalue weighted by molar-refractivity contribution is -0.135. The third kappa shape index (κ3) is 3.91. The van der Waals surface area contributed by atoms with E-state index in [-0.39, 0.29) is 11.9 Å². The Kier molecular flexibility index (Phi) is 5.73.